The fourth-order valence-corrected chi connectivity index (χ4v) is 4.17. The van der Waals surface area contributed by atoms with Crippen molar-refractivity contribution in [3.8, 4) is 0 Å². The summed E-state index contributed by atoms with van der Waals surface area (Å²) in [5.41, 5.74) is -0.414. The van der Waals surface area contributed by atoms with Crippen LogP contribution in [0.4, 0.5) is 8.78 Å². The minimum atomic E-state index is -0.788. The normalized spacial score (nSPS) is 23.0. The number of nitrogens with zero attached hydrogens (tertiary/aromatic N) is 1. The molecule has 1 saturated carbocycles. The zero-order valence-corrected chi connectivity index (χ0v) is 13.3. The highest BCUT2D eigenvalue weighted by molar-refractivity contribution is 9.10. The van der Waals surface area contributed by atoms with Crippen molar-refractivity contribution >= 4 is 21.8 Å². The number of halogens is 3. The van der Waals surface area contributed by atoms with E-state index in [-0.39, 0.29) is 6.04 Å². The average molecular weight is 358 g/mol. The van der Waals surface area contributed by atoms with Gasteiger partial charge in [-0.3, -0.25) is 4.79 Å². The van der Waals surface area contributed by atoms with Gasteiger partial charge in [0.05, 0.1) is 0 Å². The molecule has 1 aromatic rings. The minimum Gasteiger partial charge on any atom is -0.335 e. The van der Waals surface area contributed by atoms with E-state index in [0.717, 1.165) is 37.8 Å². The van der Waals surface area contributed by atoms with Crippen LogP contribution in [0.5, 0.6) is 0 Å². The number of amides is 1. The third-order valence-electron chi connectivity index (χ3n) is 4.72. The molecule has 0 bridgehead atoms. The van der Waals surface area contributed by atoms with Gasteiger partial charge in [0.2, 0.25) is 0 Å². The van der Waals surface area contributed by atoms with E-state index >= 15 is 0 Å². The van der Waals surface area contributed by atoms with E-state index in [1.165, 1.54) is 12.8 Å². The molecular weight excluding hydrogens is 340 g/mol. The largest absolute Gasteiger partial charge is 0.335 e. The van der Waals surface area contributed by atoms with E-state index in [0.29, 0.717) is 16.9 Å². The second-order valence-corrected chi connectivity index (χ2v) is 6.91. The van der Waals surface area contributed by atoms with Crippen molar-refractivity contribution in [3.05, 3.63) is 33.8 Å². The quantitative estimate of drug-likeness (QED) is 0.761. The second kappa shape index (κ2) is 6.03. The van der Waals surface area contributed by atoms with E-state index in [2.05, 4.69) is 15.9 Å². The van der Waals surface area contributed by atoms with Crippen molar-refractivity contribution in [2.24, 2.45) is 5.92 Å². The Hall–Kier alpha value is -0.970. The Labute approximate surface area is 131 Å². The van der Waals surface area contributed by atoms with Crippen molar-refractivity contribution in [1.82, 2.24) is 4.90 Å². The number of rotatable bonds is 2. The van der Waals surface area contributed by atoms with Gasteiger partial charge in [-0.15, -0.1) is 0 Å². The molecule has 0 spiro atoms. The van der Waals surface area contributed by atoms with E-state index in [4.69, 9.17) is 0 Å². The second-order valence-electron chi connectivity index (χ2n) is 6.00. The molecule has 1 aliphatic carbocycles. The van der Waals surface area contributed by atoms with Crippen molar-refractivity contribution in [2.75, 3.05) is 6.54 Å². The molecule has 114 valence electrons. The van der Waals surface area contributed by atoms with Crippen LogP contribution in [-0.4, -0.2) is 23.4 Å². The number of likely N-dealkylation sites (tertiary alicyclic amines) is 1. The van der Waals surface area contributed by atoms with Gasteiger partial charge in [0.1, 0.15) is 17.2 Å². The standard InChI is InChI=1S/C16H18BrF2NO/c17-11-8-12(18)15(13(19)9-11)16(21)20-7-3-6-14(20)10-4-1-2-5-10/h8-10,14H,1-7H2. The van der Waals surface area contributed by atoms with Gasteiger partial charge in [-0.1, -0.05) is 28.8 Å². The van der Waals surface area contributed by atoms with Crippen LogP contribution in [0.2, 0.25) is 0 Å². The number of hydrogen-bond donors (Lipinski definition) is 0. The van der Waals surface area contributed by atoms with Gasteiger partial charge in [0.15, 0.2) is 0 Å². The molecule has 21 heavy (non-hydrogen) atoms. The Morgan fingerprint density at radius 3 is 2.33 bits per heavy atom. The van der Waals surface area contributed by atoms with Gasteiger partial charge in [-0.05, 0) is 43.7 Å². The zero-order valence-electron chi connectivity index (χ0n) is 11.7. The lowest BCUT2D eigenvalue weighted by molar-refractivity contribution is 0.0679. The smallest absolute Gasteiger partial charge is 0.260 e. The SMILES string of the molecule is O=C(c1c(F)cc(Br)cc1F)N1CCCC1C1CCCC1. The molecule has 0 N–H and O–H groups in total. The van der Waals surface area contributed by atoms with Gasteiger partial charge < -0.3 is 4.90 Å². The van der Waals surface area contributed by atoms with Crippen molar-refractivity contribution < 1.29 is 13.6 Å². The van der Waals surface area contributed by atoms with Crippen LogP contribution < -0.4 is 0 Å². The Kier molecular flexibility index (Phi) is 4.29. The first-order valence-corrected chi connectivity index (χ1v) is 8.32. The molecule has 2 fully saturated rings. The molecule has 2 aliphatic rings. The van der Waals surface area contributed by atoms with Crippen LogP contribution in [-0.2, 0) is 0 Å². The predicted molar refractivity (Wildman–Crippen MR) is 80.1 cm³/mol. The van der Waals surface area contributed by atoms with E-state index in [1.54, 1.807) is 4.90 Å². The van der Waals surface area contributed by atoms with Crippen LogP contribution in [0, 0.1) is 17.6 Å². The molecule has 1 saturated heterocycles. The van der Waals surface area contributed by atoms with E-state index < -0.39 is 23.1 Å². The Balaban J connectivity index is 1.87. The molecule has 5 heteroatoms. The third kappa shape index (κ3) is 2.85. The Bertz CT molecular complexity index is 534. The van der Waals surface area contributed by atoms with Gasteiger partial charge in [-0.25, -0.2) is 8.78 Å². The number of carbonyl (C=O) groups excluding carboxylic acids is 1. The first kappa shape index (κ1) is 14.9. The molecule has 0 radical (unpaired) electrons. The molecule has 3 rings (SSSR count). The highest BCUT2D eigenvalue weighted by Gasteiger charge is 2.37. The van der Waals surface area contributed by atoms with Gasteiger partial charge in [0.25, 0.3) is 5.91 Å². The fourth-order valence-electron chi connectivity index (χ4n) is 3.77. The zero-order chi connectivity index (χ0) is 15.0. The highest BCUT2D eigenvalue weighted by atomic mass is 79.9. The summed E-state index contributed by atoms with van der Waals surface area (Å²) >= 11 is 3.04. The summed E-state index contributed by atoms with van der Waals surface area (Å²) in [6, 6.07) is 2.45. The van der Waals surface area contributed by atoms with Crippen molar-refractivity contribution in [1.29, 1.82) is 0 Å². The minimum absolute atomic E-state index is 0.155. The molecule has 1 atom stereocenters. The van der Waals surface area contributed by atoms with E-state index in [1.807, 2.05) is 0 Å². The first-order chi connectivity index (χ1) is 10.1. The molecule has 1 unspecified atom stereocenters. The average Bonchev–Trinajstić information content (AvgIpc) is 3.08. The fraction of sp³-hybridized carbons (Fsp3) is 0.562. The molecule has 2 nitrogen and oxygen atoms in total. The van der Waals surface area contributed by atoms with Gasteiger partial charge >= 0.3 is 0 Å². The summed E-state index contributed by atoms with van der Waals surface area (Å²) < 4.78 is 28.3. The van der Waals surface area contributed by atoms with Crippen molar-refractivity contribution in [3.63, 3.8) is 0 Å². The van der Waals surface area contributed by atoms with Crippen molar-refractivity contribution in [2.45, 2.75) is 44.6 Å². The lowest BCUT2D eigenvalue weighted by atomic mass is 9.95. The maximum absolute atomic E-state index is 14.0. The predicted octanol–water partition coefficient (Wildman–Crippen LogP) is 4.52. The summed E-state index contributed by atoms with van der Waals surface area (Å²) in [5.74, 6) is -1.57. The summed E-state index contributed by atoms with van der Waals surface area (Å²) in [5, 5.41) is 0. The molecule has 1 heterocycles. The lowest BCUT2D eigenvalue weighted by Crippen LogP contribution is -2.40. The van der Waals surface area contributed by atoms with E-state index in [9.17, 15) is 13.6 Å². The third-order valence-corrected chi connectivity index (χ3v) is 5.18. The van der Waals surface area contributed by atoms with Crippen LogP contribution in [0.3, 0.4) is 0 Å². The Morgan fingerprint density at radius 2 is 1.71 bits per heavy atom. The summed E-state index contributed by atoms with van der Waals surface area (Å²) in [6.07, 6.45) is 6.52. The van der Waals surface area contributed by atoms with Crippen LogP contribution in [0.25, 0.3) is 0 Å². The van der Waals surface area contributed by atoms with Gasteiger partial charge in [-0.2, -0.15) is 0 Å². The summed E-state index contributed by atoms with van der Waals surface area (Å²) in [7, 11) is 0. The topological polar surface area (TPSA) is 20.3 Å². The maximum Gasteiger partial charge on any atom is 0.260 e. The molecule has 1 amide bonds. The highest BCUT2D eigenvalue weighted by Crippen LogP contribution is 2.36. The molecule has 0 aromatic heterocycles. The summed E-state index contributed by atoms with van der Waals surface area (Å²) in [6.45, 7) is 0.606. The number of hydrogen-bond acceptors (Lipinski definition) is 1. The van der Waals surface area contributed by atoms with Crippen LogP contribution in [0.15, 0.2) is 16.6 Å². The number of benzene rings is 1. The molecule has 1 aliphatic heterocycles. The first-order valence-electron chi connectivity index (χ1n) is 7.53. The van der Waals surface area contributed by atoms with Crippen LogP contribution >= 0.6 is 15.9 Å². The Morgan fingerprint density at radius 1 is 1.10 bits per heavy atom. The monoisotopic (exact) mass is 357 g/mol. The van der Waals surface area contributed by atoms with Gasteiger partial charge in [0, 0.05) is 17.1 Å². The number of carbonyl (C=O) groups is 1. The summed E-state index contributed by atoms with van der Waals surface area (Å²) in [4.78, 5) is 14.3. The molecular formula is C16H18BrF2NO. The maximum atomic E-state index is 14.0. The van der Waals surface area contributed by atoms with Crippen LogP contribution in [0.1, 0.15) is 48.9 Å². The molecule has 1 aromatic carbocycles. The lowest BCUT2D eigenvalue weighted by Gasteiger charge is -2.29.